The lowest BCUT2D eigenvalue weighted by Gasteiger charge is -2.23. The molecule has 0 saturated carbocycles. The summed E-state index contributed by atoms with van der Waals surface area (Å²) < 4.78 is 13.8. The fraction of sp³-hybridized carbons (Fsp3) is 0.560. The van der Waals surface area contributed by atoms with Crippen molar-refractivity contribution in [3.05, 3.63) is 65.5 Å². The van der Waals surface area contributed by atoms with Gasteiger partial charge in [0.15, 0.2) is 0 Å². The van der Waals surface area contributed by atoms with E-state index >= 15 is 0 Å². The van der Waals surface area contributed by atoms with Gasteiger partial charge in [-0.1, -0.05) is 30.3 Å². The number of pyridine rings is 1. The van der Waals surface area contributed by atoms with Crippen molar-refractivity contribution in [1.82, 2.24) is 25.8 Å². The summed E-state index contributed by atoms with van der Waals surface area (Å²) in [6.07, 6.45) is 4.39. The molecule has 1 aliphatic heterocycles. The highest BCUT2D eigenvalue weighted by molar-refractivity contribution is 5.22. The number of nitrogens with one attached hydrogen (secondary N) is 3. The van der Waals surface area contributed by atoms with Crippen LogP contribution in [0.2, 0.25) is 0 Å². The van der Waals surface area contributed by atoms with Crippen LogP contribution in [0.25, 0.3) is 0 Å². The van der Waals surface area contributed by atoms with E-state index in [-0.39, 0.29) is 0 Å². The van der Waals surface area contributed by atoms with Crippen LogP contribution in [-0.2, 0) is 19.6 Å². The van der Waals surface area contributed by atoms with Gasteiger partial charge in [-0.15, -0.1) is 0 Å². The summed E-state index contributed by atoms with van der Waals surface area (Å²) in [7, 11) is 0. The van der Waals surface area contributed by atoms with Crippen LogP contribution in [0, 0.1) is 0 Å². The second-order valence-electron chi connectivity index (χ2n) is 8.40. The molecule has 1 aromatic carbocycles. The maximum atomic E-state index is 13.8. The minimum absolute atomic E-state index is 0.642. The first-order chi connectivity index (χ1) is 15.3. The molecule has 31 heavy (non-hydrogen) atoms. The Labute approximate surface area is 186 Å². The molecule has 2 heterocycles. The number of hydrogen-bond donors (Lipinski definition) is 3. The van der Waals surface area contributed by atoms with Crippen LogP contribution >= 0.6 is 0 Å². The number of hydrogen-bond acceptors (Lipinski definition) is 5. The molecule has 1 saturated heterocycles. The Balaban J connectivity index is 1.42. The van der Waals surface area contributed by atoms with Crippen LogP contribution in [0.5, 0.6) is 0 Å². The molecular formula is C25H38FN5. The summed E-state index contributed by atoms with van der Waals surface area (Å²) >= 11 is 0. The molecule has 0 atom stereocenters. The van der Waals surface area contributed by atoms with Crippen LogP contribution in [0.15, 0.2) is 48.7 Å². The Kier molecular flexibility index (Phi) is 10.9. The molecule has 0 unspecified atom stereocenters. The molecule has 2 aromatic rings. The Morgan fingerprint density at radius 3 is 2.19 bits per heavy atom. The van der Waals surface area contributed by atoms with Crippen molar-refractivity contribution in [2.75, 3.05) is 39.3 Å². The fourth-order valence-corrected chi connectivity index (χ4v) is 3.89. The van der Waals surface area contributed by atoms with Gasteiger partial charge in [-0.2, -0.15) is 0 Å². The molecule has 1 aliphatic rings. The highest BCUT2D eigenvalue weighted by Crippen LogP contribution is 2.10. The quantitative estimate of drug-likeness (QED) is 0.661. The average molecular weight is 428 g/mol. The lowest BCUT2D eigenvalue weighted by Crippen LogP contribution is -2.37. The molecule has 3 rings (SSSR count). The van der Waals surface area contributed by atoms with Crippen LogP contribution in [-0.4, -0.2) is 55.3 Å². The summed E-state index contributed by atoms with van der Waals surface area (Å²) in [5, 5.41) is 10.4. The van der Waals surface area contributed by atoms with Gasteiger partial charge >= 0.3 is 0 Å². The van der Waals surface area contributed by atoms with Gasteiger partial charge in [0.2, 0.25) is 0 Å². The number of nitrogens with zero attached hydrogens (tertiary/aromatic N) is 2. The van der Waals surface area contributed by atoms with E-state index in [9.17, 15) is 4.39 Å². The summed E-state index contributed by atoms with van der Waals surface area (Å²) in [4.78, 5) is 6.84. The van der Waals surface area contributed by atoms with Crippen molar-refractivity contribution < 1.29 is 4.39 Å². The second kappa shape index (κ2) is 14.2. The van der Waals surface area contributed by atoms with Crippen molar-refractivity contribution in [2.45, 2.75) is 51.5 Å². The van der Waals surface area contributed by atoms with Crippen molar-refractivity contribution in [3.8, 4) is 0 Å². The fourth-order valence-electron chi connectivity index (χ4n) is 3.89. The van der Waals surface area contributed by atoms with Gasteiger partial charge in [0.1, 0.15) is 6.17 Å². The molecule has 1 aromatic heterocycles. The molecule has 170 valence electrons. The van der Waals surface area contributed by atoms with Crippen molar-refractivity contribution in [3.63, 3.8) is 0 Å². The predicted octanol–water partition coefficient (Wildman–Crippen LogP) is 3.26. The third-order valence-electron chi connectivity index (χ3n) is 5.74. The Hall–Kier alpha value is -1.86. The molecule has 0 spiro atoms. The molecule has 6 heteroatoms. The van der Waals surface area contributed by atoms with Gasteiger partial charge in [0, 0.05) is 52.0 Å². The number of halogens is 1. The highest BCUT2D eigenvalue weighted by atomic mass is 19.1. The number of alkyl halides is 1. The minimum atomic E-state index is -0.642. The Morgan fingerprint density at radius 1 is 0.871 bits per heavy atom. The number of rotatable bonds is 6. The highest BCUT2D eigenvalue weighted by Gasteiger charge is 2.09. The topological polar surface area (TPSA) is 52.2 Å². The molecule has 0 amide bonds. The van der Waals surface area contributed by atoms with Gasteiger partial charge in [0.25, 0.3) is 0 Å². The first-order valence-corrected chi connectivity index (χ1v) is 11.8. The van der Waals surface area contributed by atoms with E-state index in [1.54, 1.807) is 0 Å². The van der Waals surface area contributed by atoms with Crippen molar-refractivity contribution in [1.29, 1.82) is 0 Å². The molecule has 5 nitrogen and oxygen atoms in total. The summed E-state index contributed by atoms with van der Waals surface area (Å²) in [6, 6.07) is 14.9. The third kappa shape index (κ3) is 9.87. The van der Waals surface area contributed by atoms with E-state index in [4.69, 9.17) is 0 Å². The third-order valence-corrected chi connectivity index (χ3v) is 5.74. The lowest BCUT2D eigenvalue weighted by atomic mass is 10.1. The van der Waals surface area contributed by atoms with E-state index in [0.29, 0.717) is 12.8 Å². The van der Waals surface area contributed by atoms with Crippen LogP contribution in [0.3, 0.4) is 0 Å². The Bertz CT molecular complexity index is 694. The van der Waals surface area contributed by atoms with E-state index in [1.807, 2.05) is 24.4 Å². The lowest BCUT2D eigenvalue weighted by molar-refractivity contribution is 0.253. The van der Waals surface area contributed by atoms with E-state index in [1.165, 1.54) is 11.1 Å². The average Bonchev–Trinajstić information content (AvgIpc) is 2.79. The predicted molar refractivity (Wildman–Crippen MR) is 126 cm³/mol. The maximum Gasteiger partial charge on any atom is 0.100 e. The number of aromatic nitrogens is 1. The van der Waals surface area contributed by atoms with Gasteiger partial charge < -0.3 is 16.0 Å². The molecule has 3 N–H and O–H groups in total. The van der Waals surface area contributed by atoms with Gasteiger partial charge in [0.05, 0.1) is 5.69 Å². The molecular weight excluding hydrogens is 389 g/mol. The van der Waals surface area contributed by atoms with Crippen LogP contribution in [0.4, 0.5) is 4.39 Å². The van der Waals surface area contributed by atoms with E-state index in [2.05, 4.69) is 50.1 Å². The zero-order valence-electron chi connectivity index (χ0n) is 18.7. The van der Waals surface area contributed by atoms with Crippen LogP contribution < -0.4 is 16.0 Å². The molecule has 0 bridgehead atoms. The van der Waals surface area contributed by atoms with Gasteiger partial charge in [-0.25, -0.2) is 4.39 Å². The van der Waals surface area contributed by atoms with Crippen molar-refractivity contribution in [2.24, 2.45) is 0 Å². The van der Waals surface area contributed by atoms with E-state index < -0.39 is 6.17 Å². The zero-order valence-corrected chi connectivity index (χ0v) is 18.7. The first-order valence-electron chi connectivity index (χ1n) is 11.8. The summed E-state index contributed by atoms with van der Waals surface area (Å²) in [5.74, 6) is 0. The minimum Gasteiger partial charge on any atom is -0.315 e. The van der Waals surface area contributed by atoms with E-state index in [0.717, 1.165) is 77.4 Å². The van der Waals surface area contributed by atoms with Gasteiger partial charge in [-0.05, 0) is 62.0 Å². The molecule has 1 fully saturated rings. The Morgan fingerprint density at radius 2 is 1.55 bits per heavy atom. The first kappa shape index (κ1) is 23.8. The van der Waals surface area contributed by atoms with Crippen LogP contribution in [0.1, 0.15) is 42.5 Å². The maximum absolute atomic E-state index is 13.8. The molecule has 0 aliphatic carbocycles. The smallest absolute Gasteiger partial charge is 0.100 e. The monoisotopic (exact) mass is 427 g/mol. The second-order valence-corrected chi connectivity index (χ2v) is 8.40. The van der Waals surface area contributed by atoms with Gasteiger partial charge in [-0.3, -0.25) is 9.88 Å². The largest absolute Gasteiger partial charge is 0.315 e. The number of benzene rings is 1. The SMILES string of the molecule is FC1CCCNCCN(Cc2ccc(CNCc3ccccn3)cc2)CCNCCC1. The van der Waals surface area contributed by atoms with Crippen molar-refractivity contribution >= 4 is 0 Å². The molecule has 0 radical (unpaired) electrons. The zero-order chi connectivity index (χ0) is 21.6. The normalized spacial score (nSPS) is 18.5. The summed E-state index contributed by atoms with van der Waals surface area (Å²) in [5.41, 5.74) is 3.69. The standard InChI is InChI=1S/C25H38FN5/c26-24-5-3-12-27-15-17-31(18-16-28-13-4-6-24)21-23-10-8-22(9-11-23)19-29-20-25-7-1-2-14-30-25/h1-2,7-11,14,24,27-29H,3-6,12-13,15-21H2. The summed E-state index contributed by atoms with van der Waals surface area (Å²) in [6.45, 7) is 8.31.